The summed E-state index contributed by atoms with van der Waals surface area (Å²) in [6.07, 6.45) is 1.67. The Bertz CT molecular complexity index is 582. The van der Waals surface area contributed by atoms with Crippen molar-refractivity contribution in [3.63, 3.8) is 0 Å². The van der Waals surface area contributed by atoms with Crippen LogP contribution in [-0.4, -0.2) is 18.1 Å². The summed E-state index contributed by atoms with van der Waals surface area (Å²) in [5, 5.41) is 3.28. The highest BCUT2D eigenvalue weighted by molar-refractivity contribution is 5.90. The van der Waals surface area contributed by atoms with Crippen LogP contribution in [0.5, 0.6) is 0 Å². The smallest absolute Gasteiger partial charge is 0.339 e. The van der Waals surface area contributed by atoms with Gasteiger partial charge in [0.2, 0.25) is 0 Å². The molecule has 0 unspecified atom stereocenters. The molecular weight excluding hydrogens is 240 g/mol. The summed E-state index contributed by atoms with van der Waals surface area (Å²) in [5.41, 5.74) is 3.35. The SMILES string of the molecule is COC(=O)c1cccnc1CNc1ccccc1C. The highest BCUT2D eigenvalue weighted by Crippen LogP contribution is 2.15. The molecule has 0 spiro atoms. The van der Waals surface area contributed by atoms with Crippen molar-refractivity contribution in [3.8, 4) is 0 Å². The van der Waals surface area contributed by atoms with Crippen LogP contribution in [0, 0.1) is 6.92 Å². The number of nitrogens with zero attached hydrogens (tertiary/aromatic N) is 1. The number of benzene rings is 1. The molecule has 1 aromatic carbocycles. The van der Waals surface area contributed by atoms with Gasteiger partial charge < -0.3 is 10.1 Å². The first-order valence-electron chi connectivity index (χ1n) is 6.04. The summed E-state index contributed by atoms with van der Waals surface area (Å²) < 4.78 is 4.75. The number of aromatic nitrogens is 1. The van der Waals surface area contributed by atoms with Crippen LogP contribution < -0.4 is 5.32 Å². The second-order valence-electron chi connectivity index (χ2n) is 4.16. The molecule has 0 bridgehead atoms. The second kappa shape index (κ2) is 6.00. The molecular formula is C15H16N2O2. The monoisotopic (exact) mass is 256 g/mol. The summed E-state index contributed by atoms with van der Waals surface area (Å²) in [6, 6.07) is 11.4. The van der Waals surface area contributed by atoms with Gasteiger partial charge in [-0.15, -0.1) is 0 Å². The van der Waals surface area contributed by atoms with Crippen molar-refractivity contribution in [3.05, 3.63) is 59.4 Å². The molecule has 0 aliphatic carbocycles. The Hall–Kier alpha value is -2.36. The van der Waals surface area contributed by atoms with Crippen LogP contribution >= 0.6 is 0 Å². The predicted octanol–water partition coefficient (Wildman–Crippen LogP) is 2.79. The lowest BCUT2D eigenvalue weighted by molar-refractivity contribution is 0.0599. The molecule has 0 saturated heterocycles. The molecule has 0 amide bonds. The number of anilines is 1. The maximum Gasteiger partial charge on any atom is 0.339 e. The van der Waals surface area contributed by atoms with E-state index in [2.05, 4.69) is 10.3 Å². The zero-order chi connectivity index (χ0) is 13.7. The molecule has 0 fully saturated rings. The number of hydrogen-bond acceptors (Lipinski definition) is 4. The standard InChI is InChI=1S/C15H16N2O2/c1-11-6-3-4-8-13(11)17-10-14-12(15(18)19-2)7-5-9-16-14/h3-9,17H,10H2,1-2H3. The average molecular weight is 256 g/mol. The molecule has 2 rings (SSSR count). The highest BCUT2D eigenvalue weighted by atomic mass is 16.5. The van der Waals surface area contributed by atoms with Crippen molar-refractivity contribution in [2.24, 2.45) is 0 Å². The number of aryl methyl sites for hydroxylation is 1. The minimum Gasteiger partial charge on any atom is -0.465 e. The van der Waals surface area contributed by atoms with E-state index in [9.17, 15) is 4.79 Å². The molecule has 4 heteroatoms. The molecule has 0 aliphatic heterocycles. The molecule has 1 N–H and O–H groups in total. The van der Waals surface area contributed by atoms with Crippen LogP contribution in [0.1, 0.15) is 21.6 Å². The van der Waals surface area contributed by atoms with E-state index in [4.69, 9.17) is 4.74 Å². The minimum absolute atomic E-state index is 0.366. The molecule has 0 aliphatic rings. The molecule has 0 atom stereocenters. The third kappa shape index (κ3) is 3.10. The number of esters is 1. The third-order valence-corrected chi connectivity index (χ3v) is 2.89. The number of carbonyl (C=O) groups is 1. The van der Waals surface area contributed by atoms with Gasteiger partial charge in [-0.1, -0.05) is 18.2 Å². The molecule has 2 aromatic rings. The fourth-order valence-electron chi connectivity index (χ4n) is 1.82. The number of rotatable bonds is 4. The van der Waals surface area contributed by atoms with Gasteiger partial charge in [0.1, 0.15) is 0 Å². The fourth-order valence-corrected chi connectivity index (χ4v) is 1.82. The highest BCUT2D eigenvalue weighted by Gasteiger charge is 2.12. The van der Waals surface area contributed by atoms with E-state index >= 15 is 0 Å². The van der Waals surface area contributed by atoms with Gasteiger partial charge >= 0.3 is 5.97 Å². The van der Waals surface area contributed by atoms with Gasteiger partial charge in [-0.3, -0.25) is 4.98 Å². The Morgan fingerprint density at radius 3 is 2.79 bits per heavy atom. The lowest BCUT2D eigenvalue weighted by atomic mass is 10.1. The number of methoxy groups -OCH3 is 1. The van der Waals surface area contributed by atoms with Gasteiger partial charge in [0.25, 0.3) is 0 Å². The van der Waals surface area contributed by atoms with Crippen LogP contribution in [-0.2, 0) is 11.3 Å². The zero-order valence-corrected chi connectivity index (χ0v) is 11.0. The van der Waals surface area contributed by atoms with Gasteiger partial charge in [-0.25, -0.2) is 4.79 Å². The molecule has 98 valence electrons. The zero-order valence-electron chi connectivity index (χ0n) is 11.0. The summed E-state index contributed by atoms with van der Waals surface area (Å²) in [5.74, 6) is -0.366. The van der Waals surface area contributed by atoms with E-state index in [1.165, 1.54) is 7.11 Å². The van der Waals surface area contributed by atoms with Crippen LogP contribution in [0.3, 0.4) is 0 Å². The topological polar surface area (TPSA) is 51.2 Å². The first-order valence-corrected chi connectivity index (χ1v) is 6.04. The van der Waals surface area contributed by atoms with E-state index in [0.717, 1.165) is 11.3 Å². The van der Waals surface area contributed by atoms with Crippen LogP contribution in [0.4, 0.5) is 5.69 Å². The normalized spacial score (nSPS) is 10.0. The first kappa shape index (κ1) is 13.1. The number of pyridine rings is 1. The van der Waals surface area contributed by atoms with Crippen molar-refractivity contribution < 1.29 is 9.53 Å². The number of hydrogen-bond donors (Lipinski definition) is 1. The average Bonchev–Trinajstić information content (AvgIpc) is 2.46. The number of nitrogens with one attached hydrogen (secondary N) is 1. The maximum absolute atomic E-state index is 11.6. The van der Waals surface area contributed by atoms with Crippen molar-refractivity contribution >= 4 is 11.7 Å². The molecule has 1 heterocycles. The van der Waals surface area contributed by atoms with Gasteiger partial charge in [0, 0.05) is 11.9 Å². The Morgan fingerprint density at radius 1 is 1.26 bits per heavy atom. The summed E-state index contributed by atoms with van der Waals surface area (Å²) in [7, 11) is 1.37. The van der Waals surface area contributed by atoms with Crippen molar-refractivity contribution in [2.45, 2.75) is 13.5 Å². The number of ether oxygens (including phenoxy) is 1. The Morgan fingerprint density at radius 2 is 2.05 bits per heavy atom. The van der Waals surface area contributed by atoms with E-state index in [1.54, 1.807) is 18.3 Å². The minimum atomic E-state index is -0.366. The summed E-state index contributed by atoms with van der Waals surface area (Å²) >= 11 is 0. The molecule has 19 heavy (non-hydrogen) atoms. The van der Waals surface area contributed by atoms with Gasteiger partial charge in [-0.2, -0.15) is 0 Å². The Labute approximate surface area is 112 Å². The van der Waals surface area contributed by atoms with E-state index < -0.39 is 0 Å². The molecule has 1 aromatic heterocycles. The van der Waals surface area contributed by atoms with Crippen molar-refractivity contribution in [1.82, 2.24) is 4.98 Å². The second-order valence-corrected chi connectivity index (χ2v) is 4.16. The lowest BCUT2D eigenvalue weighted by Crippen LogP contribution is -2.11. The predicted molar refractivity (Wildman–Crippen MR) is 74.1 cm³/mol. The largest absolute Gasteiger partial charge is 0.465 e. The summed E-state index contributed by atoms with van der Waals surface area (Å²) in [6.45, 7) is 2.51. The molecule has 0 radical (unpaired) electrons. The lowest BCUT2D eigenvalue weighted by Gasteiger charge is -2.11. The quantitative estimate of drug-likeness (QED) is 0.855. The Balaban J connectivity index is 2.16. The van der Waals surface area contributed by atoms with Crippen LogP contribution in [0.15, 0.2) is 42.6 Å². The first-order chi connectivity index (χ1) is 9.22. The molecule has 0 saturated carbocycles. The number of carbonyl (C=O) groups excluding carboxylic acids is 1. The Kier molecular flexibility index (Phi) is 4.13. The van der Waals surface area contributed by atoms with Gasteiger partial charge in [-0.05, 0) is 30.7 Å². The third-order valence-electron chi connectivity index (χ3n) is 2.89. The maximum atomic E-state index is 11.6. The van der Waals surface area contributed by atoms with Crippen LogP contribution in [0.2, 0.25) is 0 Å². The van der Waals surface area contributed by atoms with Gasteiger partial charge in [0.15, 0.2) is 0 Å². The van der Waals surface area contributed by atoms with Crippen LogP contribution in [0.25, 0.3) is 0 Å². The van der Waals surface area contributed by atoms with Gasteiger partial charge in [0.05, 0.1) is 24.9 Å². The number of para-hydroxylation sites is 1. The summed E-state index contributed by atoms with van der Waals surface area (Å²) in [4.78, 5) is 15.9. The van der Waals surface area contributed by atoms with Crippen molar-refractivity contribution in [1.29, 1.82) is 0 Å². The fraction of sp³-hybridized carbons (Fsp3) is 0.200. The van der Waals surface area contributed by atoms with E-state index in [-0.39, 0.29) is 5.97 Å². The van der Waals surface area contributed by atoms with E-state index in [0.29, 0.717) is 17.8 Å². The van der Waals surface area contributed by atoms with Crippen molar-refractivity contribution in [2.75, 3.05) is 12.4 Å². The van der Waals surface area contributed by atoms with E-state index in [1.807, 2.05) is 31.2 Å². The molecule has 4 nitrogen and oxygen atoms in total.